The minimum atomic E-state index is -0.0279. The largest absolute Gasteiger partial charge is 0.344 e. The van der Waals surface area contributed by atoms with Crippen LogP contribution in [0.25, 0.3) is 0 Å². The van der Waals surface area contributed by atoms with Gasteiger partial charge in [-0.05, 0) is 80.1 Å². The molecule has 1 fully saturated rings. The number of benzene rings is 1. The molecule has 2 aliphatic rings. The van der Waals surface area contributed by atoms with E-state index >= 15 is 0 Å². The SMILES string of the molecule is C[C@H]1C[C@@H](C(=O)NC(c2ccc3c(c2)CCCC3)c2cccs2)CCN1.Cl. The van der Waals surface area contributed by atoms with Crippen LogP contribution in [0.5, 0.6) is 0 Å². The number of aryl methyl sites for hydroxylation is 2. The lowest BCUT2D eigenvalue weighted by molar-refractivity contribution is -0.126. The van der Waals surface area contributed by atoms with Crippen LogP contribution < -0.4 is 10.6 Å². The van der Waals surface area contributed by atoms with Gasteiger partial charge in [0.25, 0.3) is 0 Å². The second-order valence-electron chi connectivity index (χ2n) is 7.77. The Bertz CT molecular complexity index is 762. The summed E-state index contributed by atoms with van der Waals surface area (Å²) in [4.78, 5) is 14.2. The Balaban J connectivity index is 0.00000210. The van der Waals surface area contributed by atoms with E-state index in [-0.39, 0.29) is 30.3 Å². The van der Waals surface area contributed by atoms with Gasteiger partial charge in [0, 0.05) is 16.8 Å². The van der Waals surface area contributed by atoms with Gasteiger partial charge in [-0.25, -0.2) is 0 Å². The van der Waals surface area contributed by atoms with Gasteiger partial charge in [-0.3, -0.25) is 4.79 Å². The average Bonchev–Trinajstić information content (AvgIpc) is 3.20. The second kappa shape index (κ2) is 9.22. The molecule has 1 aliphatic carbocycles. The molecule has 3 atom stereocenters. The third kappa shape index (κ3) is 4.74. The molecule has 0 saturated carbocycles. The highest BCUT2D eigenvalue weighted by Crippen LogP contribution is 2.31. The van der Waals surface area contributed by atoms with Crippen molar-refractivity contribution in [3.63, 3.8) is 0 Å². The van der Waals surface area contributed by atoms with Gasteiger partial charge in [-0.1, -0.05) is 24.3 Å². The molecule has 2 aromatic rings. The number of thiophene rings is 1. The summed E-state index contributed by atoms with van der Waals surface area (Å²) >= 11 is 1.73. The summed E-state index contributed by atoms with van der Waals surface area (Å²) in [6.45, 7) is 3.10. The lowest BCUT2D eigenvalue weighted by Crippen LogP contribution is -2.43. The van der Waals surface area contributed by atoms with Crippen molar-refractivity contribution in [1.82, 2.24) is 10.6 Å². The van der Waals surface area contributed by atoms with Crippen LogP contribution in [-0.2, 0) is 17.6 Å². The first-order chi connectivity index (χ1) is 12.7. The Morgan fingerprint density at radius 1 is 1.22 bits per heavy atom. The van der Waals surface area contributed by atoms with Crippen LogP contribution in [0.15, 0.2) is 35.7 Å². The smallest absolute Gasteiger partial charge is 0.223 e. The zero-order chi connectivity index (χ0) is 17.9. The zero-order valence-corrected chi connectivity index (χ0v) is 17.5. The molecule has 1 aliphatic heterocycles. The molecule has 0 spiro atoms. The monoisotopic (exact) mass is 404 g/mol. The summed E-state index contributed by atoms with van der Waals surface area (Å²) in [7, 11) is 0. The van der Waals surface area contributed by atoms with Gasteiger partial charge in [0.2, 0.25) is 5.91 Å². The summed E-state index contributed by atoms with van der Waals surface area (Å²) in [6.07, 6.45) is 6.79. The fraction of sp³-hybridized carbons (Fsp3) is 0.500. The quantitative estimate of drug-likeness (QED) is 0.779. The molecule has 1 amide bonds. The summed E-state index contributed by atoms with van der Waals surface area (Å²) in [5.41, 5.74) is 4.19. The van der Waals surface area contributed by atoms with Gasteiger partial charge in [0.1, 0.15) is 0 Å². The van der Waals surface area contributed by atoms with E-state index in [9.17, 15) is 4.79 Å². The van der Waals surface area contributed by atoms with E-state index in [0.29, 0.717) is 6.04 Å². The second-order valence-corrected chi connectivity index (χ2v) is 8.75. The fourth-order valence-electron chi connectivity index (χ4n) is 4.34. The van der Waals surface area contributed by atoms with Gasteiger partial charge in [0.15, 0.2) is 0 Å². The first kappa shape index (κ1) is 20.4. The molecule has 1 saturated heterocycles. The summed E-state index contributed by atoms with van der Waals surface area (Å²) in [5, 5.41) is 8.91. The summed E-state index contributed by atoms with van der Waals surface area (Å²) < 4.78 is 0. The number of carbonyl (C=O) groups is 1. The third-order valence-electron chi connectivity index (χ3n) is 5.81. The predicted octanol–water partition coefficient (Wildman–Crippen LogP) is 4.64. The number of piperidine rings is 1. The van der Waals surface area contributed by atoms with Gasteiger partial charge >= 0.3 is 0 Å². The number of amides is 1. The maximum absolute atomic E-state index is 13.0. The van der Waals surface area contributed by atoms with E-state index in [1.54, 1.807) is 11.3 Å². The first-order valence-electron chi connectivity index (χ1n) is 9.89. The predicted molar refractivity (Wildman–Crippen MR) is 115 cm³/mol. The number of fused-ring (bicyclic) bond motifs is 1. The molecule has 1 unspecified atom stereocenters. The van der Waals surface area contributed by atoms with Crippen molar-refractivity contribution in [3.05, 3.63) is 57.3 Å². The standard InChI is InChI=1S/C22H28N2OS.ClH/c1-15-13-19(10-11-23-15)22(25)24-21(20-7-4-12-26-20)18-9-8-16-5-2-3-6-17(16)14-18;/h4,7-9,12,14-15,19,21,23H,2-3,5-6,10-11,13H2,1H3,(H,24,25);1H/t15-,19-,21?;/m0./s1. The topological polar surface area (TPSA) is 41.1 Å². The fourth-order valence-corrected chi connectivity index (χ4v) is 5.14. The average molecular weight is 405 g/mol. The van der Waals surface area contributed by atoms with Crippen molar-refractivity contribution in [2.75, 3.05) is 6.54 Å². The molecule has 1 aromatic heterocycles. The third-order valence-corrected chi connectivity index (χ3v) is 6.75. The van der Waals surface area contributed by atoms with Crippen LogP contribution in [0.1, 0.15) is 60.2 Å². The van der Waals surface area contributed by atoms with Crippen LogP contribution in [0, 0.1) is 5.92 Å². The van der Waals surface area contributed by atoms with Crippen molar-refractivity contribution >= 4 is 29.7 Å². The van der Waals surface area contributed by atoms with E-state index in [1.807, 2.05) is 0 Å². The van der Waals surface area contributed by atoms with Crippen LogP contribution in [0.4, 0.5) is 0 Å². The molecular weight excluding hydrogens is 376 g/mol. The summed E-state index contributed by atoms with van der Waals surface area (Å²) in [5.74, 6) is 0.320. The van der Waals surface area contributed by atoms with Gasteiger partial charge in [-0.2, -0.15) is 0 Å². The van der Waals surface area contributed by atoms with Crippen molar-refractivity contribution < 1.29 is 4.79 Å². The van der Waals surface area contributed by atoms with E-state index in [2.05, 4.69) is 53.3 Å². The van der Waals surface area contributed by atoms with E-state index in [4.69, 9.17) is 0 Å². The highest BCUT2D eigenvalue weighted by molar-refractivity contribution is 7.10. The van der Waals surface area contributed by atoms with Crippen LogP contribution >= 0.6 is 23.7 Å². The Morgan fingerprint density at radius 2 is 2.04 bits per heavy atom. The maximum Gasteiger partial charge on any atom is 0.223 e. The van der Waals surface area contributed by atoms with Crippen molar-refractivity contribution in [3.8, 4) is 0 Å². The Kier molecular flexibility index (Phi) is 6.96. The maximum atomic E-state index is 13.0. The highest BCUT2D eigenvalue weighted by atomic mass is 35.5. The number of carbonyl (C=O) groups excluding carboxylic acids is 1. The molecule has 2 N–H and O–H groups in total. The first-order valence-corrected chi connectivity index (χ1v) is 10.8. The minimum absolute atomic E-state index is 0. The van der Waals surface area contributed by atoms with Crippen LogP contribution in [0.2, 0.25) is 0 Å². The number of nitrogens with one attached hydrogen (secondary N) is 2. The van der Waals surface area contributed by atoms with Gasteiger partial charge < -0.3 is 10.6 Å². The van der Waals surface area contributed by atoms with Crippen molar-refractivity contribution in [2.24, 2.45) is 5.92 Å². The number of hydrogen-bond donors (Lipinski definition) is 2. The minimum Gasteiger partial charge on any atom is -0.344 e. The molecular formula is C22H29ClN2OS. The number of hydrogen-bond acceptors (Lipinski definition) is 3. The highest BCUT2D eigenvalue weighted by Gasteiger charge is 2.28. The van der Waals surface area contributed by atoms with Crippen molar-refractivity contribution in [1.29, 1.82) is 0 Å². The molecule has 3 nitrogen and oxygen atoms in total. The summed E-state index contributed by atoms with van der Waals surface area (Å²) in [6, 6.07) is 11.4. The van der Waals surface area contributed by atoms with Crippen LogP contribution in [-0.4, -0.2) is 18.5 Å². The van der Waals surface area contributed by atoms with E-state index in [0.717, 1.165) is 19.4 Å². The molecule has 0 bridgehead atoms. The number of rotatable bonds is 4. The molecule has 5 heteroatoms. The molecule has 27 heavy (non-hydrogen) atoms. The number of halogens is 1. The lowest BCUT2D eigenvalue weighted by atomic mass is 9.88. The Labute approximate surface area is 172 Å². The molecule has 1 aromatic carbocycles. The molecule has 0 radical (unpaired) electrons. The lowest BCUT2D eigenvalue weighted by Gasteiger charge is -2.29. The normalized spacial score (nSPS) is 23.0. The Morgan fingerprint density at radius 3 is 2.78 bits per heavy atom. The van der Waals surface area contributed by atoms with Gasteiger partial charge in [-0.15, -0.1) is 23.7 Å². The Hall–Kier alpha value is -1.36. The molecule has 4 rings (SSSR count). The van der Waals surface area contributed by atoms with E-state index < -0.39 is 0 Å². The van der Waals surface area contributed by atoms with Gasteiger partial charge in [0.05, 0.1) is 6.04 Å². The molecule has 2 heterocycles. The zero-order valence-electron chi connectivity index (χ0n) is 15.9. The van der Waals surface area contributed by atoms with Crippen LogP contribution in [0.3, 0.4) is 0 Å². The van der Waals surface area contributed by atoms with Crippen molar-refractivity contribution in [2.45, 2.75) is 57.5 Å². The van der Waals surface area contributed by atoms with E-state index in [1.165, 1.54) is 47.3 Å². The molecule has 146 valence electrons.